The van der Waals surface area contributed by atoms with Gasteiger partial charge < -0.3 is 15.4 Å². The van der Waals surface area contributed by atoms with Crippen molar-refractivity contribution in [3.8, 4) is 5.75 Å². The monoisotopic (exact) mass is 290 g/mol. The Labute approximate surface area is 115 Å². The zero-order valence-electron chi connectivity index (χ0n) is 11.3. The number of nitrogens with one attached hydrogen (secondary N) is 2. The highest BCUT2D eigenvalue weighted by Crippen LogP contribution is 2.23. The number of alkyl halides is 3. The first kappa shape index (κ1) is 16.1. The molecule has 0 bridgehead atoms. The van der Waals surface area contributed by atoms with Gasteiger partial charge in [0.15, 0.2) is 0 Å². The molecular weight excluding hydrogens is 273 g/mol. The second kappa shape index (κ2) is 7.02. The number of benzene rings is 1. The number of hydrogen-bond acceptors (Lipinski definition) is 2. The van der Waals surface area contributed by atoms with Crippen LogP contribution in [0.4, 0.5) is 23.7 Å². The van der Waals surface area contributed by atoms with Crippen LogP contribution in [-0.4, -0.2) is 18.4 Å². The molecule has 20 heavy (non-hydrogen) atoms. The van der Waals surface area contributed by atoms with E-state index in [4.69, 9.17) is 0 Å². The Bertz CT molecular complexity index is 428. The third-order valence-electron chi connectivity index (χ3n) is 2.67. The van der Waals surface area contributed by atoms with Gasteiger partial charge in [0.2, 0.25) is 0 Å². The second-order valence-corrected chi connectivity index (χ2v) is 4.18. The summed E-state index contributed by atoms with van der Waals surface area (Å²) in [5, 5.41) is 5.30. The number of ether oxygens (including phenoxy) is 1. The van der Waals surface area contributed by atoms with Gasteiger partial charge in [-0.1, -0.05) is 13.8 Å². The fraction of sp³-hybridized carbons (Fsp3) is 0.462. The lowest BCUT2D eigenvalue weighted by Gasteiger charge is -2.15. The molecule has 1 rings (SSSR count). The number of rotatable bonds is 5. The molecule has 0 heterocycles. The lowest BCUT2D eigenvalue weighted by Crippen LogP contribution is -2.37. The number of amides is 2. The van der Waals surface area contributed by atoms with E-state index in [1.165, 1.54) is 12.1 Å². The molecule has 2 N–H and O–H groups in total. The molecule has 1 aromatic rings. The van der Waals surface area contributed by atoms with Gasteiger partial charge in [-0.05, 0) is 37.1 Å². The smallest absolute Gasteiger partial charge is 0.406 e. The van der Waals surface area contributed by atoms with Crippen LogP contribution in [0.25, 0.3) is 0 Å². The van der Waals surface area contributed by atoms with Crippen LogP contribution in [0.5, 0.6) is 5.75 Å². The Morgan fingerprint density at radius 2 is 1.75 bits per heavy atom. The van der Waals surface area contributed by atoms with Gasteiger partial charge in [-0.3, -0.25) is 0 Å². The molecule has 0 aliphatic rings. The molecule has 4 nitrogen and oxygen atoms in total. The first-order chi connectivity index (χ1) is 9.34. The van der Waals surface area contributed by atoms with Crippen LogP contribution in [0, 0.1) is 0 Å². The summed E-state index contributed by atoms with van der Waals surface area (Å²) in [4.78, 5) is 11.6. The second-order valence-electron chi connectivity index (χ2n) is 4.18. The number of carbonyl (C=O) groups excluding carboxylic acids is 1. The fourth-order valence-corrected chi connectivity index (χ4v) is 1.59. The lowest BCUT2D eigenvalue weighted by atomic mass is 10.2. The molecule has 112 valence electrons. The Hall–Kier alpha value is -1.92. The van der Waals surface area contributed by atoms with E-state index < -0.39 is 6.36 Å². The molecule has 0 spiro atoms. The largest absolute Gasteiger partial charge is 0.573 e. The lowest BCUT2D eigenvalue weighted by molar-refractivity contribution is -0.274. The van der Waals surface area contributed by atoms with E-state index in [2.05, 4.69) is 15.4 Å². The molecule has 0 atom stereocenters. The van der Waals surface area contributed by atoms with Crippen LogP contribution in [0.15, 0.2) is 24.3 Å². The van der Waals surface area contributed by atoms with Crippen molar-refractivity contribution in [1.29, 1.82) is 0 Å². The number of anilines is 1. The molecule has 0 saturated carbocycles. The van der Waals surface area contributed by atoms with Gasteiger partial charge in [-0.25, -0.2) is 4.79 Å². The number of carbonyl (C=O) groups is 1. The molecule has 0 unspecified atom stereocenters. The average molecular weight is 290 g/mol. The minimum atomic E-state index is -4.72. The third-order valence-corrected chi connectivity index (χ3v) is 2.67. The first-order valence-corrected chi connectivity index (χ1v) is 6.27. The van der Waals surface area contributed by atoms with Crippen molar-refractivity contribution in [1.82, 2.24) is 5.32 Å². The standard InChI is InChI=1S/C13H17F3N2O2/c1-3-9(4-2)17-12(19)18-10-5-7-11(8-6-10)20-13(14,15)16/h5-9H,3-4H2,1-2H3,(H2,17,18,19). The van der Waals surface area contributed by atoms with Crippen molar-refractivity contribution >= 4 is 11.7 Å². The van der Waals surface area contributed by atoms with E-state index in [9.17, 15) is 18.0 Å². The van der Waals surface area contributed by atoms with E-state index in [-0.39, 0.29) is 17.8 Å². The fourth-order valence-electron chi connectivity index (χ4n) is 1.59. The van der Waals surface area contributed by atoms with E-state index >= 15 is 0 Å². The molecule has 0 aliphatic carbocycles. The maximum Gasteiger partial charge on any atom is 0.573 e. The number of hydrogen-bond donors (Lipinski definition) is 2. The average Bonchev–Trinajstić information content (AvgIpc) is 2.36. The summed E-state index contributed by atoms with van der Waals surface area (Å²) < 4.78 is 39.6. The molecule has 0 radical (unpaired) electrons. The molecule has 2 amide bonds. The Kier molecular flexibility index (Phi) is 5.66. The van der Waals surface area contributed by atoms with E-state index in [1.54, 1.807) is 0 Å². The Balaban J connectivity index is 2.55. The van der Waals surface area contributed by atoms with E-state index in [1.807, 2.05) is 13.8 Å². The molecule has 7 heteroatoms. The van der Waals surface area contributed by atoms with Crippen LogP contribution in [-0.2, 0) is 0 Å². The van der Waals surface area contributed by atoms with Crippen LogP contribution in [0.2, 0.25) is 0 Å². The minimum Gasteiger partial charge on any atom is -0.406 e. The van der Waals surface area contributed by atoms with Gasteiger partial charge >= 0.3 is 12.4 Å². The van der Waals surface area contributed by atoms with Crippen LogP contribution >= 0.6 is 0 Å². The van der Waals surface area contributed by atoms with Crippen molar-refractivity contribution in [3.05, 3.63) is 24.3 Å². The molecular formula is C13H17F3N2O2. The summed E-state index contributed by atoms with van der Waals surface area (Å²) in [6.07, 6.45) is -3.10. The summed E-state index contributed by atoms with van der Waals surface area (Å²) in [6, 6.07) is 4.65. The highest BCUT2D eigenvalue weighted by molar-refractivity contribution is 5.89. The summed E-state index contributed by atoms with van der Waals surface area (Å²) >= 11 is 0. The number of halogens is 3. The van der Waals surface area contributed by atoms with Crippen molar-refractivity contribution in [3.63, 3.8) is 0 Å². The molecule has 0 saturated heterocycles. The van der Waals surface area contributed by atoms with Crippen LogP contribution in [0.3, 0.4) is 0 Å². The van der Waals surface area contributed by atoms with Crippen LogP contribution < -0.4 is 15.4 Å². The van der Waals surface area contributed by atoms with Gasteiger partial charge in [-0.2, -0.15) is 0 Å². The predicted octanol–water partition coefficient (Wildman–Crippen LogP) is 3.90. The van der Waals surface area contributed by atoms with Crippen molar-refractivity contribution in [2.24, 2.45) is 0 Å². The maximum atomic E-state index is 12.0. The molecule has 0 aliphatic heterocycles. The maximum absolute atomic E-state index is 12.0. The summed E-state index contributed by atoms with van der Waals surface area (Å²) in [6.45, 7) is 3.91. The van der Waals surface area contributed by atoms with Crippen molar-refractivity contribution in [2.75, 3.05) is 5.32 Å². The van der Waals surface area contributed by atoms with Crippen molar-refractivity contribution in [2.45, 2.75) is 39.1 Å². The summed E-state index contributed by atoms with van der Waals surface area (Å²) in [7, 11) is 0. The number of urea groups is 1. The van der Waals surface area contributed by atoms with E-state index in [0.29, 0.717) is 5.69 Å². The molecule has 1 aromatic carbocycles. The topological polar surface area (TPSA) is 50.4 Å². The zero-order chi connectivity index (χ0) is 15.2. The third kappa shape index (κ3) is 5.81. The van der Waals surface area contributed by atoms with Gasteiger partial charge in [-0.15, -0.1) is 13.2 Å². The zero-order valence-corrected chi connectivity index (χ0v) is 11.3. The minimum absolute atomic E-state index is 0.0721. The van der Waals surface area contributed by atoms with Crippen molar-refractivity contribution < 1.29 is 22.7 Å². The summed E-state index contributed by atoms with van der Waals surface area (Å²) in [5.74, 6) is -0.330. The van der Waals surface area contributed by atoms with Crippen LogP contribution in [0.1, 0.15) is 26.7 Å². The molecule has 0 fully saturated rings. The quantitative estimate of drug-likeness (QED) is 0.864. The highest BCUT2D eigenvalue weighted by Gasteiger charge is 2.30. The summed E-state index contributed by atoms with van der Waals surface area (Å²) in [5.41, 5.74) is 0.392. The Morgan fingerprint density at radius 1 is 1.20 bits per heavy atom. The molecule has 0 aromatic heterocycles. The van der Waals surface area contributed by atoms with Gasteiger partial charge in [0.25, 0.3) is 0 Å². The van der Waals surface area contributed by atoms with Gasteiger partial charge in [0.1, 0.15) is 5.75 Å². The van der Waals surface area contributed by atoms with Gasteiger partial charge in [0, 0.05) is 11.7 Å². The predicted molar refractivity (Wildman–Crippen MR) is 69.6 cm³/mol. The van der Waals surface area contributed by atoms with E-state index in [0.717, 1.165) is 25.0 Å². The highest BCUT2D eigenvalue weighted by atomic mass is 19.4. The van der Waals surface area contributed by atoms with Gasteiger partial charge in [0.05, 0.1) is 0 Å². The Morgan fingerprint density at radius 3 is 2.20 bits per heavy atom. The SMILES string of the molecule is CCC(CC)NC(=O)Nc1ccc(OC(F)(F)F)cc1. The normalized spacial score (nSPS) is 11.3. The first-order valence-electron chi connectivity index (χ1n) is 6.27.